The van der Waals surface area contributed by atoms with Crippen LogP contribution in [0.5, 0.6) is 0 Å². The number of amides is 12. The Morgan fingerprint density at radius 1 is 0.362 bits per heavy atom. The number of nitrogens with one attached hydrogen (secondary N) is 14. The quantitative estimate of drug-likeness (QED) is 0.0283. The Kier molecular flexibility index (Phi) is 32.3. The normalized spacial score (nSPS) is 25.6. The number of hydrogen-bond donors (Lipinski definition) is 18. The zero-order valence-electron chi connectivity index (χ0n) is 56.5. The van der Waals surface area contributed by atoms with Crippen molar-refractivity contribution in [1.82, 2.24) is 74.4 Å². The molecule has 3 heterocycles. The zero-order chi connectivity index (χ0) is 69.3. The number of carbonyl (C=O) groups excluding carboxylic acids is 12. The van der Waals surface area contributed by atoms with Crippen molar-refractivity contribution in [2.75, 3.05) is 52.5 Å². The topological polar surface area (TPSA) is 466 Å². The van der Waals surface area contributed by atoms with E-state index in [4.69, 9.17) is 11.5 Å². The van der Waals surface area contributed by atoms with Gasteiger partial charge in [-0.05, 0) is 76.5 Å². The maximum absolute atomic E-state index is 13.9. The molecule has 0 radical (unpaired) electrons. The second-order valence-corrected chi connectivity index (χ2v) is 28.3. The average molecular weight is 1330 g/mol. The molecule has 0 spiro atoms. The van der Waals surface area contributed by atoms with Crippen LogP contribution in [0, 0.1) is 47.3 Å². The molecule has 532 valence electrons. The standard InChI is InChI=1S/C64H112N16O14/c1-33(2)15-38(72-53(83)18-36(7)71-63(93)46-26-68-29-51(46)78-54(84)19-37(8)70-62(92)44-12-10-14-49(44)80-61(91)43-11-9-13-48(43)65)20-55(85)74-41(31-81)23-57(87)73-39(16-34(3)4)21-58(88)79-52-30-69-27-47(52)64(94)76-40(17-35(5)6)22-56(86)75-42(32-82)24-59(89)77-50-28-67-25-45(50)60(66)90/h33-52,67-69,81-82H,9-32,65H2,1-8H3,(H2,66,90)(H,70,92)(H,71,93)(H,72,83)(H,73,87)(H,74,85)(H,75,86)(H,76,94)(H,77,89)(H,78,84)(H,79,88)(H,80,91)/t36-,37-,38-,39-,40-,41+,42+,43-,44-,45-,46-,47-,48-,49-,50-,51-,52-/m0/s1. The summed E-state index contributed by atoms with van der Waals surface area (Å²) < 4.78 is 0. The lowest BCUT2D eigenvalue weighted by atomic mass is 9.97. The highest BCUT2D eigenvalue weighted by Crippen LogP contribution is 2.29. The van der Waals surface area contributed by atoms with E-state index >= 15 is 0 Å². The molecule has 5 fully saturated rings. The van der Waals surface area contributed by atoms with E-state index in [0.717, 1.165) is 25.7 Å². The van der Waals surface area contributed by atoms with E-state index in [1.807, 2.05) is 41.5 Å². The maximum Gasteiger partial charge on any atom is 0.226 e. The van der Waals surface area contributed by atoms with Crippen LogP contribution in [-0.4, -0.2) is 206 Å². The SMILES string of the molecule is CC(C)C[C@@H](CC(=O)N[C@@H](CO)CC(=O)N[C@H](CC(=O)N[C@H]1CNC[C@@H]1C(=O)N[C@H](CC(=O)N[C@@H](CO)CC(=O)N[C@H]1CNC[C@@H]1C(N)=O)CC(C)C)CC(C)C)NC(=O)C[C@H](C)NC(=O)[C@H]1CNC[C@@H]1NC(=O)C[C@H](C)NC(=O)[C@H]1CCC[C@@H]1NC(=O)[C@H]1CCC[C@@H]1N. The minimum Gasteiger partial charge on any atom is -0.394 e. The molecule has 12 amide bonds. The number of aliphatic hydroxyl groups excluding tert-OH is 2. The summed E-state index contributed by atoms with van der Waals surface area (Å²) in [7, 11) is 0. The van der Waals surface area contributed by atoms with Gasteiger partial charge in [0.2, 0.25) is 70.9 Å². The molecule has 5 aliphatic rings. The molecule has 20 N–H and O–H groups in total. The summed E-state index contributed by atoms with van der Waals surface area (Å²) in [5, 5.41) is 61.3. The molecule has 94 heavy (non-hydrogen) atoms. The number of hydrogen-bond acceptors (Lipinski definition) is 18. The second-order valence-electron chi connectivity index (χ2n) is 28.3. The summed E-state index contributed by atoms with van der Waals surface area (Å²) in [5.74, 6) is -7.37. The molecule has 0 bridgehead atoms. The Bertz CT molecular complexity index is 2580. The van der Waals surface area contributed by atoms with Crippen LogP contribution in [0.15, 0.2) is 0 Å². The largest absolute Gasteiger partial charge is 0.394 e. The molecule has 17 atom stereocenters. The van der Waals surface area contributed by atoms with Crippen molar-refractivity contribution >= 4 is 70.9 Å². The first kappa shape index (κ1) is 78.1. The molecular weight excluding hydrogens is 1220 g/mol. The van der Waals surface area contributed by atoms with E-state index in [9.17, 15) is 67.7 Å². The maximum atomic E-state index is 13.9. The number of primary amides is 1. The van der Waals surface area contributed by atoms with Crippen LogP contribution < -0.4 is 85.9 Å². The van der Waals surface area contributed by atoms with E-state index in [1.165, 1.54) is 0 Å². The zero-order valence-corrected chi connectivity index (χ0v) is 56.5. The van der Waals surface area contributed by atoms with E-state index < -0.39 is 145 Å². The molecule has 2 saturated carbocycles. The number of carbonyl (C=O) groups is 12. The average Bonchev–Trinajstić information content (AvgIpc) is 2.89. The first-order valence-electron chi connectivity index (χ1n) is 34.2. The second kappa shape index (κ2) is 38.8. The summed E-state index contributed by atoms with van der Waals surface area (Å²) in [4.78, 5) is 159. The van der Waals surface area contributed by atoms with Crippen molar-refractivity contribution in [1.29, 1.82) is 0 Å². The van der Waals surface area contributed by atoms with Gasteiger partial charge in [0, 0.05) is 127 Å². The fourth-order valence-corrected chi connectivity index (χ4v) is 13.7. The lowest BCUT2D eigenvalue weighted by Crippen LogP contribution is -2.51. The summed E-state index contributed by atoms with van der Waals surface area (Å²) >= 11 is 0. The third-order valence-electron chi connectivity index (χ3n) is 18.2. The van der Waals surface area contributed by atoms with Crippen LogP contribution in [-0.2, 0) is 57.5 Å². The van der Waals surface area contributed by atoms with Crippen LogP contribution in [0.1, 0.15) is 158 Å². The van der Waals surface area contributed by atoms with Crippen molar-refractivity contribution in [2.24, 2.45) is 58.8 Å². The fraction of sp³-hybridized carbons (Fsp3) is 0.812. The molecule has 30 heteroatoms. The molecule has 0 aromatic heterocycles. The Morgan fingerprint density at radius 2 is 0.702 bits per heavy atom. The van der Waals surface area contributed by atoms with Crippen LogP contribution >= 0.6 is 0 Å². The molecular formula is C64H112N16O14. The van der Waals surface area contributed by atoms with Crippen molar-refractivity contribution in [3.8, 4) is 0 Å². The Balaban J connectivity index is 1.03. The van der Waals surface area contributed by atoms with Crippen molar-refractivity contribution in [2.45, 2.75) is 231 Å². The van der Waals surface area contributed by atoms with Gasteiger partial charge in [-0.3, -0.25) is 57.5 Å². The third kappa shape index (κ3) is 26.5. The van der Waals surface area contributed by atoms with Crippen LogP contribution in [0.4, 0.5) is 0 Å². The molecule has 0 aromatic carbocycles. The number of nitrogens with two attached hydrogens (primary N) is 2. The third-order valence-corrected chi connectivity index (χ3v) is 18.2. The van der Waals surface area contributed by atoms with Crippen molar-refractivity contribution < 1.29 is 67.7 Å². The highest BCUT2D eigenvalue weighted by molar-refractivity contribution is 5.88. The van der Waals surface area contributed by atoms with Crippen LogP contribution in [0.2, 0.25) is 0 Å². The summed E-state index contributed by atoms with van der Waals surface area (Å²) in [6, 6.07) is -7.22. The highest BCUT2D eigenvalue weighted by atomic mass is 16.3. The predicted molar refractivity (Wildman–Crippen MR) is 348 cm³/mol. The molecule has 3 saturated heterocycles. The van der Waals surface area contributed by atoms with Gasteiger partial charge in [-0.1, -0.05) is 54.4 Å². The Labute approximate surface area is 553 Å². The van der Waals surface area contributed by atoms with Crippen molar-refractivity contribution in [3.05, 3.63) is 0 Å². The number of rotatable bonds is 38. The highest BCUT2D eigenvalue weighted by Gasteiger charge is 2.41. The van der Waals surface area contributed by atoms with E-state index in [2.05, 4.69) is 74.4 Å². The smallest absolute Gasteiger partial charge is 0.226 e. The molecule has 5 rings (SSSR count). The van der Waals surface area contributed by atoms with Gasteiger partial charge < -0.3 is 96.1 Å². The Hall–Kier alpha value is -6.60. The van der Waals surface area contributed by atoms with Gasteiger partial charge in [0.1, 0.15) is 0 Å². The van der Waals surface area contributed by atoms with E-state index in [0.29, 0.717) is 51.7 Å². The molecule has 30 nitrogen and oxygen atoms in total. The van der Waals surface area contributed by atoms with E-state index in [1.54, 1.807) is 13.8 Å². The minimum atomic E-state index is -1.01. The van der Waals surface area contributed by atoms with Gasteiger partial charge in [0.15, 0.2) is 0 Å². The van der Waals surface area contributed by atoms with Gasteiger partial charge in [-0.15, -0.1) is 0 Å². The molecule has 2 aliphatic carbocycles. The van der Waals surface area contributed by atoms with Crippen LogP contribution in [0.3, 0.4) is 0 Å². The van der Waals surface area contributed by atoms with Crippen molar-refractivity contribution in [3.63, 3.8) is 0 Å². The first-order valence-corrected chi connectivity index (χ1v) is 34.2. The lowest BCUT2D eigenvalue weighted by molar-refractivity contribution is -0.130. The van der Waals surface area contributed by atoms with Gasteiger partial charge >= 0.3 is 0 Å². The Morgan fingerprint density at radius 3 is 1.14 bits per heavy atom. The van der Waals surface area contributed by atoms with E-state index in [-0.39, 0.29) is 124 Å². The van der Waals surface area contributed by atoms with Gasteiger partial charge in [-0.25, -0.2) is 0 Å². The predicted octanol–water partition coefficient (Wildman–Crippen LogP) is -3.72. The first-order chi connectivity index (χ1) is 44.5. The fourth-order valence-electron chi connectivity index (χ4n) is 13.7. The summed E-state index contributed by atoms with van der Waals surface area (Å²) in [6.45, 7) is 15.6. The number of aliphatic hydroxyl groups is 2. The van der Waals surface area contributed by atoms with Crippen LogP contribution in [0.25, 0.3) is 0 Å². The monoisotopic (exact) mass is 1330 g/mol. The van der Waals surface area contributed by atoms with Gasteiger partial charge in [0.05, 0.1) is 73.0 Å². The minimum absolute atomic E-state index is 0.0332. The summed E-state index contributed by atoms with van der Waals surface area (Å²) in [5.41, 5.74) is 11.6. The molecule has 0 aromatic rings. The van der Waals surface area contributed by atoms with Gasteiger partial charge in [0.25, 0.3) is 0 Å². The molecule has 3 aliphatic heterocycles. The summed E-state index contributed by atoms with van der Waals surface area (Å²) in [6.07, 6.45) is 4.56. The lowest BCUT2D eigenvalue weighted by Gasteiger charge is -2.26. The van der Waals surface area contributed by atoms with Gasteiger partial charge in [-0.2, -0.15) is 0 Å². The molecule has 0 unspecified atom stereocenters.